The van der Waals surface area contributed by atoms with E-state index in [0.29, 0.717) is 17.1 Å². The van der Waals surface area contributed by atoms with Crippen LogP contribution >= 0.6 is 0 Å². The van der Waals surface area contributed by atoms with Crippen LogP contribution in [0.2, 0.25) is 0 Å². The molecule has 0 saturated heterocycles. The van der Waals surface area contributed by atoms with Crippen molar-refractivity contribution in [2.45, 2.75) is 13.0 Å². The van der Waals surface area contributed by atoms with Crippen molar-refractivity contribution in [3.8, 4) is 11.4 Å². The molecule has 4 rings (SSSR count). The van der Waals surface area contributed by atoms with E-state index in [-0.39, 0.29) is 24.7 Å². The van der Waals surface area contributed by atoms with Gasteiger partial charge in [0.15, 0.2) is 5.76 Å². The van der Waals surface area contributed by atoms with E-state index < -0.39 is 5.91 Å². The maximum Gasteiger partial charge on any atom is 0.305 e. The summed E-state index contributed by atoms with van der Waals surface area (Å²) in [5, 5.41) is 4.25. The van der Waals surface area contributed by atoms with Crippen LogP contribution < -0.4 is 15.6 Å². The van der Waals surface area contributed by atoms with Gasteiger partial charge in [-0.25, -0.2) is 4.68 Å². The Hall–Kier alpha value is -4.33. The third-order valence-corrected chi connectivity index (χ3v) is 4.35. The largest absolute Gasteiger partial charge is 0.486 e. The Kier molecular flexibility index (Phi) is 6.08. The Balaban J connectivity index is 1.25. The minimum absolute atomic E-state index is 0.0709. The number of ether oxygens (including phenoxy) is 1. The number of hydrogen-bond donors (Lipinski definition) is 2. The van der Waals surface area contributed by atoms with Gasteiger partial charge < -0.3 is 9.15 Å². The number of nitrogens with one attached hydrogen (secondary N) is 2. The van der Waals surface area contributed by atoms with Crippen molar-refractivity contribution < 1.29 is 18.7 Å². The lowest BCUT2D eigenvalue weighted by Gasteiger charge is -2.05. The van der Waals surface area contributed by atoms with Crippen molar-refractivity contribution in [2.75, 3.05) is 0 Å². The summed E-state index contributed by atoms with van der Waals surface area (Å²) in [5.41, 5.74) is 6.34. The third-order valence-electron chi connectivity index (χ3n) is 4.35. The number of nitrogens with zero attached hydrogens (tertiary/aromatic N) is 2. The fourth-order valence-electron chi connectivity index (χ4n) is 2.84. The van der Waals surface area contributed by atoms with E-state index in [9.17, 15) is 9.59 Å². The molecule has 156 valence electrons. The Bertz CT molecular complexity index is 1150. The van der Waals surface area contributed by atoms with E-state index in [0.717, 1.165) is 5.69 Å². The van der Waals surface area contributed by atoms with Crippen molar-refractivity contribution in [1.82, 2.24) is 20.6 Å². The Morgan fingerprint density at radius 1 is 0.935 bits per heavy atom. The minimum atomic E-state index is -0.556. The van der Waals surface area contributed by atoms with E-state index in [1.54, 1.807) is 23.1 Å². The zero-order valence-electron chi connectivity index (χ0n) is 16.5. The molecule has 0 saturated carbocycles. The van der Waals surface area contributed by atoms with Gasteiger partial charge in [-0.05, 0) is 42.0 Å². The van der Waals surface area contributed by atoms with Gasteiger partial charge in [0.1, 0.15) is 18.1 Å². The summed E-state index contributed by atoms with van der Waals surface area (Å²) in [4.78, 5) is 24.3. The SMILES string of the molecule is O=C(Cc1cnn(-c2ccccc2)c1)NNC(=O)c1ccc(COc2ccccc2)o1. The van der Waals surface area contributed by atoms with Gasteiger partial charge in [0.05, 0.1) is 18.3 Å². The molecule has 2 heterocycles. The number of benzene rings is 2. The lowest BCUT2D eigenvalue weighted by atomic mass is 10.2. The van der Waals surface area contributed by atoms with E-state index in [4.69, 9.17) is 9.15 Å². The molecule has 2 aromatic carbocycles. The number of rotatable bonds is 7. The number of amides is 2. The standard InChI is InChI=1S/C23H20N4O4/c28-22(13-17-14-24-27(15-17)18-7-3-1-4-8-18)25-26-23(29)21-12-11-20(31-21)16-30-19-9-5-2-6-10-19/h1-12,14-15H,13,16H2,(H,25,28)(H,26,29). The lowest BCUT2D eigenvalue weighted by molar-refractivity contribution is -0.121. The maximum atomic E-state index is 12.2. The molecular weight excluding hydrogens is 396 g/mol. The summed E-state index contributed by atoms with van der Waals surface area (Å²) >= 11 is 0. The number of aromatic nitrogens is 2. The normalized spacial score (nSPS) is 10.5. The van der Waals surface area contributed by atoms with Gasteiger partial charge in [-0.2, -0.15) is 5.10 Å². The maximum absolute atomic E-state index is 12.2. The van der Waals surface area contributed by atoms with Crippen LogP contribution in [-0.4, -0.2) is 21.6 Å². The zero-order chi connectivity index (χ0) is 21.5. The summed E-state index contributed by atoms with van der Waals surface area (Å²) in [5.74, 6) is 0.338. The first-order valence-corrected chi connectivity index (χ1v) is 9.62. The van der Waals surface area contributed by atoms with Crippen LogP contribution in [0.15, 0.2) is 89.6 Å². The first kappa shape index (κ1) is 20.0. The molecule has 0 unspecified atom stereocenters. The van der Waals surface area contributed by atoms with E-state index >= 15 is 0 Å². The van der Waals surface area contributed by atoms with Crippen molar-refractivity contribution in [3.63, 3.8) is 0 Å². The zero-order valence-corrected chi connectivity index (χ0v) is 16.5. The van der Waals surface area contributed by atoms with Gasteiger partial charge in [-0.1, -0.05) is 36.4 Å². The van der Waals surface area contributed by atoms with Crippen LogP contribution in [0.3, 0.4) is 0 Å². The summed E-state index contributed by atoms with van der Waals surface area (Å²) < 4.78 is 12.7. The summed E-state index contributed by atoms with van der Waals surface area (Å²) in [6.45, 7) is 0.190. The second-order valence-corrected chi connectivity index (χ2v) is 6.68. The molecule has 8 nitrogen and oxygen atoms in total. The van der Waals surface area contributed by atoms with Crippen LogP contribution in [0.5, 0.6) is 5.75 Å². The average Bonchev–Trinajstić information content (AvgIpc) is 3.47. The molecule has 2 aromatic heterocycles. The Morgan fingerprint density at radius 3 is 2.45 bits per heavy atom. The molecule has 0 atom stereocenters. The first-order valence-electron chi connectivity index (χ1n) is 9.62. The summed E-state index contributed by atoms with van der Waals surface area (Å²) in [6, 6.07) is 22.0. The van der Waals surface area contributed by atoms with Crippen molar-refractivity contribution in [2.24, 2.45) is 0 Å². The van der Waals surface area contributed by atoms with Gasteiger partial charge in [-0.15, -0.1) is 0 Å². The number of carbonyl (C=O) groups excluding carboxylic acids is 2. The number of hydrazine groups is 1. The number of para-hydroxylation sites is 2. The molecule has 2 N–H and O–H groups in total. The fourth-order valence-corrected chi connectivity index (χ4v) is 2.84. The fraction of sp³-hybridized carbons (Fsp3) is 0.0870. The second kappa shape index (κ2) is 9.45. The number of hydrogen-bond acceptors (Lipinski definition) is 5. The molecule has 0 aliphatic heterocycles. The topological polar surface area (TPSA) is 98.4 Å². The molecule has 0 bridgehead atoms. The molecule has 0 aliphatic rings. The van der Waals surface area contributed by atoms with Crippen molar-refractivity contribution in [3.05, 3.63) is 102 Å². The number of carbonyl (C=O) groups is 2. The highest BCUT2D eigenvalue weighted by atomic mass is 16.5. The minimum Gasteiger partial charge on any atom is -0.486 e. The van der Waals surface area contributed by atoms with Crippen LogP contribution in [0.4, 0.5) is 0 Å². The average molecular weight is 416 g/mol. The van der Waals surface area contributed by atoms with Gasteiger partial charge in [0.2, 0.25) is 5.91 Å². The van der Waals surface area contributed by atoms with Crippen LogP contribution in [-0.2, 0) is 17.8 Å². The van der Waals surface area contributed by atoms with E-state index in [2.05, 4.69) is 16.0 Å². The highest BCUT2D eigenvalue weighted by Gasteiger charge is 2.13. The van der Waals surface area contributed by atoms with Crippen LogP contribution in [0.25, 0.3) is 5.69 Å². The molecule has 0 fully saturated rings. The van der Waals surface area contributed by atoms with Crippen molar-refractivity contribution in [1.29, 1.82) is 0 Å². The molecule has 8 heteroatoms. The van der Waals surface area contributed by atoms with E-state index in [1.165, 1.54) is 6.07 Å². The molecule has 31 heavy (non-hydrogen) atoms. The predicted molar refractivity (Wildman–Crippen MR) is 112 cm³/mol. The Morgan fingerprint density at radius 2 is 1.68 bits per heavy atom. The van der Waals surface area contributed by atoms with Crippen molar-refractivity contribution >= 4 is 11.8 Å². The number of furan rings is 1. The van der Waals surface area contributed by atoms with Crippen LogP contribution in [0, 0.1) is 0 Å². The van der Waals surface area contributed by atoms with Gasteiger partial charge in [0, 0.05) is 6.20 Å². The Labute approximate surface area is 178 Å². The highest BCUT2D eigenvalue weighted by molar-refractivity contribution is 5.93. The van der Waals surface area contributed by atoms with E-state index in [1.807, 2.05) is 60.7 Å². The molecular formula is C23H20N4O4. The van der Waals surface area contributed by atoms with Crippen LogP contribution in [0.1, 0.15) is 21.9 Å². The lowest BCUT2D eigenvalue weighted by Crippen LogP contribution is -2.42. The third kappa shape index (κ3) is 5.39. The monoisotopic (exact) mass is 416 g/mol. The quantitative estimate of drug-likeness (QED) is 0.451. The summed E-state index contributed by atoms with van der Waals surface area (Å²) in [6.07, 6.45) is 3.45. The smallest absolute Gasteiger partial charge is 0.305 e. The molecule has 0 spiro atoms. The molecule has 0 aliphatic carbocycles. The first-order chi connectivity index (χ1) is 15.2. The summed E-state index contributed by atoms with van der Waals surface area (Å²) in [7, 11) is 0. The molecule has 4 aromatic rings. The van der Waals surface area contributed by atoms with Gasteiger partial charge >= 0.3 is 5.91 Å². The molecule has 0 radical (unpaired) electrons. The second-order valence-electron chi connectivity index (χ2n) is 6.68. The highest BCUT2D eigenvalue weighted by Crippen LogP contribution is 2.14. The predicted octanol–water partition coefficient (Wildman–Crippen LogP) is 3.05. The van der Waals surface area contributed by atoms with Gasteiger partial charge in [-0.3, -0.25) is 20.4 Å². The van der Waals surface area contributed by atoms with Gasteiger partial charge in [0.25, 0.3) is 0 Å². The molecule has 2 amide bonds.